The van der Waals surface area contributed by atoms with E-state index in [-0.39, 0.29) is 15.7 Å². The van der Waals surface area contributed by atoms with Crippen molar-refractivity contribution in [3.05, 3.63) is 41.7 Å². The number of hydrogen-bond donors (Lipinski definition) is 4. The summed E-state index contributed by atoms with van der Waals surface area (Å²) in [6.07, 6.45) is 1.50. The summed E-state index contributed by atoms with van der Waals surface area (Å²) in [4.78, 5) is 13.9. The number of nitrogens with zero attached hydrogens (tertiary/aromatic N) is 2. The molecule has 0 bridgehead atoms. The third-order valence-electron chi connectivity index (χ3n) is 4.97. The van der Waals surface area contributed by atoms with Crippen LogP contribution in [0.2, 0.25) is 0 Å². The minimum Gasteiger partial charge on any atom is -0.490 e. The summed E-state index contributed by atoms with van der Waals surface area (Å²) in [5.41, 5.74) is 11.6. The van der Waals surface area contributed by atoms with E-state index in [1.54, 1.807) is 19.1 Å². The molecule has 1 unspecified atom stereocenters. The highest BCUT2D eigenvalue weighted by molar-refractivity contribution is 7.92. The zero-order valence-corrected chi connectivity index (χ0v) is 22.6. The van der Waals surface area contributed by atoms with Crippen LogP contribution in [0.5, 0.6) is 17.2 Å². The minimum atomic E-state index is -4.42. The zero-order chi connectivity index (χ0) is 27.1. The van der Waals surface area contributed by atoms with E-state index in [1.165, 1.54) is 12.1 Å². The molecule has 2 heterocycles. The summed E-state index contributed by atoms with van der Waals surface area (Å²) in [6.45, 7) is 3.29. The number of fused-ring (bicyclic) bond motifs is 1. The normalized spacial score (nSPS) is 13.2. The lowest BCUT2D eigenvalue weighted by Gasteiger charge is -2.14. The number of rotatable bonds is 14. The maximum absolute atomic E-state index is 13.1. The molecule has 15 heteroatoms. The first kappa shape index (κ1) is 28.8. The summed E-state index contributed by atoms with van der Waals surface area (Å²) >= 11 is 0.996. The topological polar surface area (TPSA) is 200 Å². The molecule has 3 aromatic rings. The molecule has 37 heavy (non-hydrogen) atoms. The first-order chi connectivity index (χ1) is 17.6. The van der Waals surface area contributed by atoms with Crippen molar-refractivity contribution in [3.63, 3.8) is 0 Å². The maximum Gasteiger partial charge on any atom is 0.391 e. The molecule has 6 N–H and O–H groups in total. The lowest BCUT2D eigenvalue weighted by atomic mass is 10.2. The van der Waals surface area contributed by atoms with Crippen molar-refractivity contribution in [2.24, 2.45) is 11.5 Å². The van der Waals surface area contributed by atoms with Crippen LogP contribution in [0.1, 0.15) is 24.1 Å². The van der Waals surface area contributed by atoms with Gasteiger partial charge in [0, 0.05) is 16.2 Å². The van der Waals surface area contributed by atoms with Gasteiger partial charge in [0.2, 0.25) is 0 Å². The number of nitriles is 1. The molecular formula is C22H28N5O7PS2. The lowest BCUT2D eigenvalue weighted by molar-refractivity contribution is 0.266. The van der Waals surface area contributed by atoms with Crippen molar-refractivity contribution in [3.8, 4) is 23.3 Å². The van der Waals surface area contributed by atoms with E-state index < -0.39 is 23.9 Å². The van der Waals surface area contributed by atoms with Gasteiger partial charge < -0.3 is 30.4 Å². The number of sulfonamides is 1. The number of nitrogens with one attached hydrogen (secondary N) is 1. The molecule has 0 aliphatic carbocycles. The summed E-state index contributed by atoms with van der Waals surface area (Å²) in [5.74, 6) is 0.840. The SMILES string of the molecule is Cc1c(S(=O)(=O)NCP(=O)(O)Oc2ccc(C#N)nc2)sc2cc(OCCCN)c(OCCCN)cc12. The van der Waals surface area contributed by atoms with E-state index in [4.69, 9.17) is 30.7 Å². The second-order valence-electron chi connectivity index (χ2n) is 7.82. The van der Waals surface area contributed by atoms with Crippen LogP contribution >= 0.6 is 18.9 Å². The van der Waals surface area contributed by atoms with Gasteiger partial charge in [-0.05, 0) is 56.6 Å². The molecule has 0 saturated heterocycles. The first-order valence-corrected chi connectivity index (χ1v) is 15.3. The van der Waals surface area contributed by atoms with Gasteiger partial charge in [-0.15, -0.1) is 11.3 Å². The quantitative estimate of drug-likeness (QED) is 0.164. The molecule has 0 radical (unpaired) electrons. The molecule has 0 fully saturated rings. The number of hydrogen-bond acceptors (Lipinski definition) is 11. The Balaban J connectivity index is 1.82. The van der Waals surface area contributed by atoms with Gasteiger partial charge in [-0.2, -0.15) is 9.98 Å². The Bertz CT molecular complexity index is 1420. The average molecular weight is 570 g/mol. The summed E-state index contributed by atoms with van der Waals surface area (Å²) in [7, 11) is -8.59. The molecule has 12 nitrogen and oxygen atoms in total. The van der Waals surface area contributed by atoms with Crippen molar-refractivity contribution in [1.82, 2.24) is 9.71 Å². The van der Waals surface area contributed by atoms with Crippen LogP contribution in [0.25, 0.3) is 10.1 Å². The molecule has 0 saturated carbocycles. The van der Waals surface area contributed by atoms with Gasteiger partial charge in [0.25, 0.3) is 10.0 Å². The van der Waals surface area contributed by atoms with E-state index in [2.05, 4.69) is 9.71 Å². The standard InChI is InChI=1S/C22H28N5O7PS2/c1-15-18-10-19(32-8-2-6-23)20(33-9-3-7-24)11-21(18)36-22(15)37(30,31)27-14-35(28,29)34-17-5-4-16(12-25)26-13-17/h4-5,10-11,13,27H,2-3,6-9,14,23-24H2,1H3,(H,28,29). The fourth-order valence-electron chi connectivity index (χ4n) is 3.15. The fourth-order valence-corrected chi connectivity index (χ4v) is 7.46. The van der Waals surface area contributed by atoms with Crippen LogP contribution in [-0.2, 0) is 14.6 Å². The number of thiophene rings is 1. The van der Waals surface area contributed by atoms with E-state index in [0.29, 0.717) is 66.3 Å². The molecule has 0 aliphatic rings. The Labute approximate surface area is 218 Å². The number of nitrogens with two attached hydrogens (primary N) is 2. The third-order valence-corrected chi connectivity index (χ3v) is 9.51. The smallest absolute Gasteiger partial charge is 0.391 e. The predicted molar refractivity (Wildman–Crippen MR) is 139 cm³/mol. The maximum atomic E-state index is 13.1. The number of pyridine rings is 1. The van der Waals surface area contributed by atoms with Crippen LogP contribution in [-0.4, -0.2) is 50.9 Å². The van der Waals surface area contributed by atoms with Crippen LogP contribution in [0.3, 0.4) is 0 Å². The molecule has 1 atom stereocenters. The van der Waals surface area contributed by atoms with Crippen molar-refractivity contribution >= 4 is 39.0 Å². The Morgan fingerprint density at radius 2 is 1.81 bits per heavy atom. The van der Waals surface area contributed by atoms with Crippen molar-refractivity contribution < 1.29 is 31.9 Å². The Morgan fingerprint density at radius 3 is 2.38 bits per heavy atom. The molecule has 1 aromatic carbocycles. The highest BCUT2D eigenvalue weighted by Gasteiger charge is 2.28. The van der Waals surface area contributed by atoms with Crippen molar-refractivity contribution in [1.29, 1.82) is 5.26 Å². The predicted octanol–water partition coefficient (Wildman–Crippen LogP) is 2.43. The van der Waals surface area contributed by atoms with Gasteiger partial charge in [-0.25, -0.2) is 18.0 Å². The van der Waals surface area contributed by atoms with Crippen molar-refractivity contribution in [2.45, 2.75) is 24.0 Å². The van der Waals surface area contributed by atoms with Crippen LogP contribution in [0, 0.1) is 18.3 Å². The lowest BCUT2D eigenvalue weighted by Crippen LogP contribution is -2.25. The van der Waals surface area contributed by atoms with E-state index >= 15 is 0 Å². The molecule has 200 valence electrons. The van der Waals surface area contributed by atoms with E-state index in [1.807, 2.05) is 6.07 Å². The Hall–Kier alpha value is -2.76. The number of aromatic nitrogens is 1. The van der Waals surface area contributed by atoms with Crippen LogP contribution in [0.15, 0.2) is 34.7 Å². The van der Waals surface area contributed by atoms with Gasteiger partial charge in [0.15, 0.2) is 11.5 Å². The van der Waals surface area contributed by atoms with Gasteiger partial charge in [0.05, 0.1) is 19.4 Å². The van der Waals surface area contributed by atoms with E-state index in [0.717, 1.165) is 17.5 Å². The zero-order valence-electron chi connectivity index (χ0n) is 20.0. The molecule has 3 rings (SSSR count). The summed E-state index contributed by atoms with van der Waals surface area (Å²) in [5, 5.41) is 9.43. The van der Waals surface area contributed by atoms with Crippen LogP contribution < -0.4 is 30.2 Å². The van der Waals surface area contributed by atoms with E-state index in [9.17, 15) is 17.9 Å². The van der Waals surface area contributed by atoms with Gasteiger partial charge in [-0.3, -0.25) is 0 Å². The Morgan fingerprint density at radius 1 is 1.16 bits per heavy atom. The van der Waals surface area contributed by atoms with Crippen molar-refractivity contribution in [2.75, 3.05) is 32.6 Å². The minimum absolute atomic E-state index is 0.0189. The molecular weight excluding hydrogens is 541 g/mol. The number of ether oxygens (including phenoxy) is 2. The average Bonchev–Trinajstić information content (AvgIpc) is 3.19. The summed E-state index contributed by atoms with van der Waals surface area (Å²) < 4.78 is 58.0. The molecule has 0 spiro atoms. The Kier molecular flexibility index (Phi) is 9.86. The van der Waals surface area contributed by atoms with Gasteiger partial charge in [0.1, 0.15) is 28.0 Å². The highest BCUT2D eigenvalue weighted by atomic mass is 32.2. The fraction of sp³-hybridized carbons (Fsp3) is 0.364. The van der Waals surface area contributed by atoms with Gasteiger partial charge in [-0.1, -0.05) is 0 Å². The largest absolute Gasteiger partial charge is 0.490 e. The number of aryl methyl sites for hydroxylation is 1. The highest BCUT2D eigenvalue weighted by Crippen LogP contribution is 2.43. The second-order valence-corrected chi connectivity index (χ2v) is 12.6. The van der Waals surface area contributed by atoms with Crippen LogP contribution in [0.4, 0.5) is 0 Å². The summed E-state index contributed by atoms with van der Waals surface area (Å²) in [6, 6.07) is 7.83. The monoisotopic (exact) mass is 569 g/mol. The molecule has 0 aliphatic heterocycles. The molecule has 0 amide bonds. The third kappa shape index (κ3) is 7.62. The molecule has 2 aromatic heterocycles. The first-order valence-electron chi connectivity index (χ1n) is 11.2. The van der Waals surface area contributed by atoms with Gasteiger partial charge >= 0.3 is 7.60 Å². The number of benzene rings is 1. The second kappa shape index (κ2) is 12.7.